The summed E-state index contributed by atoms with van der Waals surface area (Å²) in [6.07, 6.45) is 6.87. The van der Waals surface area contributed by atoms with Crippen LogP contribution >= 0.6 is 11.8 Å². The van der Waals surface area contributed by atoms with Crippen LogP contribution in [0, 0.1) is 5.92 Å². The van der Waals surface area contributed by atoms with Crippen LogP contribution in [0.3, 0.4) is 0 Å². The summed E-state index contributed by atoms with van der Waals surface area (Å²) >= 11 is 1.66. The molecule has 1 aromatic rings. The molecule has 32 heavy (non-hydrogen) atoms. The van der Waals surface area contributed by atoms with Crippen molar-refractivity contribution in [2.24, 2.45) is 15.9 Å². The van der Waals surface area contributed by atoms with E-state index in [2.05, 4.69) is 15.3 Å². The highest BCUT2D eigenvalue weighted by molar-refractivity contribution is 8.17. The third kappa shape index (κ3) is 5.06. The van der Waals surface area contributed by atoms with Gasteiger partial charge in [-0.05, 0) is 60.3 Å². The molecule has 0 saturated heterocycles. The summed E-state index contributed by atoms with van der Waals surface area (Å²) < 4.78 is 10.6. The molecule has 1 unspecified atom stereocenters. The number of nitrogens with zero attached hydrogens (tertiary/aromatic N) is 2. The number of methoxy groups -OCH3 is 2. The standard InChI is InChI=1S/C24H29N3O4S/c1-30-17-9-8-15(14-18(17)31-2)12-13-25-21(28)11-10-20-26-23(29)22-16-6-4-3-5-7-19(16)32-24(22)27-20/h8-9,14,22H,3-7,10-13H2,1-2H3,(H,25,28). The number of nitrogens with one attached hydrogen (secondary N) is 1. The Hall–Kier alpha value is -2.61. The molecule has 0 radical (unpaired) electrons. The quantitative estimate of drug-likeness (QED) is 0.638. The summed E-state index contributed by atoms with van der Waals surface area (Å²) in [5, 5.41) is 3.79. The molecule has 0 bridgehead atoms. The number of amides is 2. The second kappa shape index (κ2) is 10.3. The number of amidine groups is 1. The van der Waals surface area contributed by atoms with Crippen molar-refractivity contribution in [3.63, 3.8) is 0 Å². The van der Waals surface area contributed by atoms with Crippen LogP contribution in [0.5, 0.6) is 11.5 Å². The monoisotopic (exact) mass is 455 g/mol. The highest BCUT2D eigenvalue weighted by Crippen LogP contribution is 2.46. The maximum atomic E-state index is 12.7. The number of benzene rings is 1. The minimum absolute atomic E-state index is 0.0732. The Kier molecular flexibility index (Phi) is 7.29. The first-order valence-electron chi connectivity index (χ1n) is 11.2. The molecule has 8 heteroatoms. The lowest BCUT2D eigenvalue weighted by atomic mass is 9.94. The van der Waals surface area contributed by atoms with E-state index in [1.165, 1.54) is 23.3 Å². The molecule has 2 amide bonds. The van der Waals surface area contributed by atoms with E-state index in [1.54, 1.807) is 26.0 Å². The van der Waals surface area contributed by atoms with Gasteiger partial charge in [0, 0.05) is 19.4 Å². The predicted octanol–water partition coefficient (Wildman–Crippen LogP) is 4.06. The molecule has 170 valence electrons. The Bertz CT molecular complexity index is 999. The van der Waals surface area contributed by atoms with E-state index in [0.29, 0.717) is 36.7 Å². The summed E-state index contributed by atoms with van der Waals surface area (Å²) in [5.74, 6) is 1.38. The number of thioether (sulfide) groups is 1. The van der Waals surface area contributed by atoms with E-state index in [9.17, 15) is 9.59 Å². The third-order valence-electron chi connectivity index (χ3n) is 6.02. The van der Waals surface area contributed by atoms with Crippen molar-refractivity contribution in [1.29, 1.82) is 0 Å². The summed E-state index contributed by atoms with van der Waals surface area (Å²) in [4.78, 5) is 35.2. The first kappa shape index (κ1) is 22.6. The van der Waals surface area contributed by atoms with Gasteiger partial charge in [-0.2, -0.15) is 4.99 Å². The summed E-state index contributed by atoms with van der Waals surface area (Å²) in [5.41, 5.74) is 2.29. The SMILES string of the molecule is COc1ccc(CCNC(=O)CCC2=NC(=O)C3C(=N2)SC2=C3CCCCC2)cc1OC. The Labute approximate surface area is 192 Å². The summed E-state index contributed by atoms with van der Waals surface area (Å²) in [6.45, 7) is 0.517. The molecule has 1 aromatic carbocycles. The van der Waals surface area contributed by atoms with Crippen molar-refractivity contribution < 1.29 is 19.1 Å². The van der Waals surface area contributed by atoms with Crippen molar-refractivity contribution in [2.75, 3.05) is 20.8 Å². The van der Waals surface area contributed by atoms with Crippen molar-refractivity contribution in [1.82, 2.24) is 5.32 Å². The van der Waals surface area contributed by atoms with Crippen LogP contribution < -0.4 is 14.8 Å². The van der Waals surface area contributed by atoms with Crippen LogP contribution in [0.1, 0.15) is 50.5 Å². The highest BCUT2D eigenvalue weighted by atomic mass is 32.2. The second-order valence-corrected chi connectivity index (χ2v) is 9.26. The predicted molar refractivity (Wildman–Crippen MR) is 127 cm³/mol. The number of ether oxygens (including phenoxy) is 2. The van der Waals surface area contributed by atoms with Gasteiger partial charge in [-0.3, -0.25) is 9.59 Å². The van der Waals surface area contributed by atoms with Crippen LogP contribution in [0.2, 0.25) is 0 Å². The number of aliphatic imine (C=N–C) groups is 2. The number of fused-ring (bicyclic) bond motifs is 2. The second-order valence-electron chi connectivity index (χ2n) is 8.15. The lowest BCUT2D eigenvalue weighted by Gasteiger charge is -2.16. The van der Waals surface area contributed by atoms with Crippen molar-refractivity contribution in [3.05, 3.63) is 34.2 Å². The van der Waals surface area contributed by atoms with Gasteiger partial charge in [0.15, 0.2) is 11.5 Å². The van der Waals surface area contributed by atoms with E-state index in [4.69, 9.17) is 9.47 Å². The van der Waals surface area contributed by atoms with E-state index in [-0.39, 0.29) is 24.2 Å². The van der Waals surface area contributed by atoms with Crippen LogP contribution in [0.4, 0.5) is 0 Å². The third-order valence-corrected chi connectivity index (χ3v) is 7.27. The normalized spacial score (nSPS) is 20.1. The molecule has 0 saturated carbocycles. The number of hydrogen-bond acceptors (Lipinski definition) is 6. The summed E-state index contributed by atoms with van der Waals surface area (Å²) in [6, 6.07) is 5.72. The molecule has 3 aliphatic rings. The average molecular weight is 456 g/mol. The molecule has 0 fully saturated rings. The van der Waals surface area contributed by atoms with Gasteiger partial charge in [-0.1, -0.05) is 24.2 Å². The zero-order chi connectivity index (χ0) is 22.5. The Morgan fingerprint density at radius 2 is 1.91 bits per heavy atom. The Morgan fingerprint density at radius 1 is 1.09 bits per heavy atom. The molecule has 7 nitrogen and oxygen atoms in total. The maximum absolute atomic E-state index is 12.7. The van der Waals surface area contributed by atoms with Crippen molar-refractivity contribution in [2.45, 2.75) is 51.4 Å². The largest absolute Gasteiger partial charge is 0.493 e. The number of carbonyl (C=O) groups is 2. The fourth-order valence-electron chi connectivity index (χ4n) is 4.33. The van der Waals surface area contributed by atoms with E-state index < -0.39 is 0 Å². The lowest BCUT2D eigenvalue weighted by molar-refractivity contribution is -0.121. The average Bonchev–Trinajstić information content (AvgIpc) is 2.99. The molecule has 4 rings (SSSR count). The Morgan fingerprint density at radius 3 is 2.72 bits per heavy atom. The maximum Gasteiger partial charge on any atom is 0.261 e. The van der Waals surface area contributed by atoms with E-state index in [0.717, 1.165) is 29.9 Å². The Balaban J connectivity index is 1.25. The molecule has 1 N–H and O–H groups in total. The van der Waals surface area contributed by atoms with Crippen LogP contribution in [0.15, 0.2) is 38.7 Å². The van der Waals surface area contributed by atoms with Crippen LogP contribution in [-0.4, -0.2) is 43.5 Å². The van der Waals surface area contributed by atoms with Gasteiger partial charge in [-0.15, -0.1) is 0 Å². The molecule has 2 aliphatic heterocycles. The highest BCUT2D eigenvalue weighted by Gasteiger charge is 2.39. The smallest absolute Gasteiger partial charge is 0.261 e. The van der Waals surface area contributed by atoms with E-state index >= 15 is 0 Å². The number of hydrogen-bond donors (Lipinski definition) is 1. The number of rotatable bonds is 8. The van der Waals surface area contributed by atoms with Gasteiger partial charge in [0.05, 0.1) is 19.3 Å². The fourth-order valence-corrected chi connectivity index (χ4v) is 5.69. The molecule has 0 spiro atoms. The van der Waals surface area contributed by atoms with E-state index in [1.807, 2.05) is 18.2 Å². The van der Waals surface area contributed by atoms with Crippen molar-refractivity contribution in [3.8, 4) is 11.5 Å². The fraction of sp³-hybridized carbons (Fsp3) is 0.500. The van der Waals surface area contributed by atoms with Gasteiger partial charge in [0.2, 0.25) is 5.91 Å². The van der Waals surface area contributed by atoms with Gasteiger partial charge in [-0.25, -0.2) is 4.99 Å². The summed E-state index contributed by atoms with van der Waals surface area (Å²) in [7, 11) is 3.20. The van der Waals surface area contributed by atoms with Crippen LogP contribution in [-0.2, 0) is 16.0 Å². The molecule has 1 atom stereocenters. The molecule has 0 aromatic heterocycles. The van der Waals surface area contributed by atoms with Gasteiger partial charge < -0.3 is 14.8 Å². The number of allylic oxidation sites excluding steroid dienone is 1. The minimum atomic E-state index is -0.257. The van der Waals surface area contributed by atoms with Gasteiger partial charge in [0.1, 0.15) is 11.8 Å². The molecule has 2 heterocycles. The topological polar surface area (TPSA) is 89.3 Å². The van der Waals surface area contributed by atoms with Crippen LogP contribution in [0.25, 0.3) is 0 Å². The van der Waals surface area contributed by atoms with Gasteiger partial charge in [0.25, 0.3) is 5.91 Å². The lowest BCUT2D eigenvalue weighted by Crippen LogP contribution is -2.28. The first-order valence-corrected chi connectivity index (χ1v) is 12.0. The zero-order valence-electron chi connectivity index (χ0n) is 18.6. The molecular weight excluding hydrogens is 426 g/mol. The molecule has 1 aliphatic carbocycles. The minimum Gasteiger partial charge on any atom is -0.493 e. The zero-order valence-corrected chi connectivity index (χ0v) is 19.4. The van der Waals surface area contributed by atoms with Crippen molar-refractivity contribution >= 4 is 34.5 Å². The number of carbonyl (C=O) groups excluding carboxylic acids is 2. The van der Waals surface area contributed by atoms with Gasteiger partial charge >= 0.3 is 0 Å². The molecular formula is C24H29N3O4S. The first-order chi connectivity index (χ1) is 15.6.